The Kier molecular flexibility index (Phi) is 3.05. The van der Waals surface area contributed by atoms with Gasteiger partial charge in [-0.3, -0.25) is 4.79 Å². The molecule has 0 saturated carbocycles. The van der Waals surface area contributed by atoms with Crippen LogP contribution in [0.1, 0.15) is 21.5 Å². The number of Topliss-reactive ketones (excluding diaryl/α,β-unsaturated/α-hetero) is 1. The first kappa shape index (κ1) is 13.2. The van der Waals surface area contributed by atoms with E-state index in [-0.39, 0.29) is 12.4 Å². The van der Waals surface area contributed by atoms with Crippen LogP contribution < -0.4 is 0 Å². The SMILES string of the molecule is Cc1ccc2cc3c(c(-c4ccccc4)c2c1)COCC3=O. The van der Waals surface area contributed by atoms with E-state index in [1.807, 2.05) is 24.3 Å². The molecule has 4 rings (SSSR count). The molecule has 0 fully saturated rings. The Labute approximate surface area is 129 Å². The van der Waals surface area contributed by atoms with Crippen LogP contribution in [0.5, 0.6) is 0 Å². The highest BCUT2D eigenvalue weighted by molar-refractivity contribution is 6.08. The zero-order valence-electron chi connectivity index (χ0n) is 12.4. The van der Waals surface area contributed by atoms with Gasteiger partial charge in [-0.15, -0.1) is 0 Å². The minimum Gasteiger partial charge on any atom is -0.369 e. The van der Waals surface area contributed by atoms with E-state index in [1.54, 1.807) is 0 Å². The quantitative estimate of drug-likeness (QED) is 0.657. The van der Waals surface area contributed by atoms with Crippen molar-refractivity contribution in [3.05, 3.63) is 71.3 Å². The Bertz CT molecular complexity index is 879. The number of ketones is 1. The molecule has 3 aromatic rings. The fraction of sp³-hybridized carbons (Fsp3) is 0.150. The largest absolute Gasteiger partial charge is 0.369 e. The predicted octanol–water partition coefficient (Wildman–Crippen LogP) is 4.53. The molecule has 1 heterocycles. The average Bonchev–Trinajstić information content (AvgIpc) is 2.54. The molecule has 0 saturated heterocycles. The van der Waals surface area contributed by atoms with E-state index in [4.69, 9.17) is 4.74 Å². The fourth-order valence-electron chi connectivity index (χ4n) is 3.21. The molecular formula is C20H16O2. The maximum atomic E-state index is 12.3. The summed E-state index contributed by atoms with van der Waals surface area (Å²) < 4.78 is 5.50. The lowest BCUT2D eigenvalue weighted by Crippen LogP contribution is -2.19. The van der Waals surface area contributed by atoms with Gasteiger partial charge in [-0.05, 0) is 40.5 Å². The van der Waals surface area contributed by atoms with Gasteiger partial charge in [0.25, 0.3) is 0 Å². The lowest BCUT2D eigenvalue weighted by atomic mass is 9.87. The first-order valence-electron chi connectivity index (χ1n) is 7.46. The lowest BCUT2D eigenvalue weighted by molar-refractivity contribution is 0.0667. The molecule has 1 aliphatic rings. The van der Waals surface area contributed by atoms with Gasteiger partial charge in [0.2, 0.25) is 0 Å². The standard InChI is InChI=1S/C20H16O2/c1-13-7-8-15-10-17-18(11-22-12-19(17)21)20(16(15)9-13)14-5-3-2-4-6-14/h2-10H,11-12H2,1H3. The summed E-state index contributed by atoms with van der Waals surface area (Å²) in [5, 5.41) is 2.29. The van der Waals surface area contributed by atoms with Crippen LogP contribution in [0.15, 0.2) is 54.6 Å². The molecule has 22 heavy (non-hydrogen) atoms. The number of aryl methyl sites for hydroxylation is 1. The smallest absolute Gasteiger partial charge is 0.188 e. The summed E-state index contributed by atoms with van der Waals surface area (Å²) in [7, 11) is 0. The van der Waals surface area contributed by atoms with Crippen LogP contribution in [0.25, 0.3) is 21.9 Å². The highest BCUT2D eigenvalue weighted by atomic mass is 16.5. The molecule has 0 unspecified atom stereocenters. The summed E-state index contributed by atoms with van der Waals surface area (Å²) in [5.74, 6) is 0.0703. The molecule has 0 radical (unpaired) electrons. The number of carbonyl (C=O) groups excluding carboxylic acids is 1. The minimum atomic E-state index is 0.0703. The zero-order chi connectivity index (χ0) is 15.1. The third kappa shape index (κ3) is 2.04. The summed E-state index contributed by atoms with van der Waals surface area (Å²) in [6.07, 6.45) is 0. The first-order valence-corrected chi connectivity index (χ1v) is 7.46. The average molecular weight is 288 g/mol. The molecule has 0 spiro atoms. The molecule has 108 valence electrons. The fourth-order valence-corrected chi connectivity index (χ4v) is 3.21. The first-order chi connectivity index (χ1) is 10.7. The van der Waals surface area contributed by atoms with Crippen molar-refractivity contribution in [2.24, 2.45) is 0 Å². The molecule has 3 aromatic carbocycles. The van der Waals surface area contributed by atoms with Crippen LogP contribution in [0.2, 0.25) is 0 Å². The van der Waals surface area contributed by atoms with Crippen molar-refractivity contribution >= 4 is 16.6 Å². The van der Waals surface area contributed by atoms with E-state index < -0.39 is 0 Å². The molecular weight excluding hydrogens is 272 g/mol. The van der Waals surface area contributed by atoms with Crippen molar-refractivity contribution in [2.45, 2.75) is 13.5 Å². The number of benzene rings is 3. The van der Waals surface area contributed by atoms with Gasteiger partial charge in [0.05, 0.1) is 6.61 Å². The summed E-state index contributed by atoms with van der Waals surface area (Å²) in [6.45, 7) is 2.77. The van der Waals surface area contributed by atoms with Crippen LogP contribution >= 0.6 is 0 Å². The summed E-state index contributed by atoms with van der Waals surface area (Å²) in [4.78, 5) is 12.3. The van der Waals surface area contributed by atoms with E-state index in [2.05, 4.69) is 37.3 Å². The van der Waals surface area contributed by atoms with Crippen molar-refractivity contribution in [1.29, 1.82) is 0 Å². The summed E-state index contributed by atoms with van der Waals surface area (Å²) in [6, 6.07) is 18.6. The van der Waals surface area contributed by atoms with Gasteiger partial charge in [-0.2, -0.15) is 0 Å². The van der Waals surface area contributed by atoms with Crippen LogP contribution in [0, 0.1) is 6.92 Å². The molecule has 2 nitrogen and oxygen atoms in total. The third-order valence-electron chi connectivity index (χ3n) is 4.25. The van der Waals surface area contributed by atoms with Crippen molar-refractivity contribution in [3.8, 4) is 11.1 Å². The molecule has 0 bridgehead atoms. The summed E-state index contributed by atoms with van der Waals surface area (Å²) >= 11 is 0. The Hall–Kier alpha value is -2.45. The molecule has 0 N–H and O–H groups in total. The van der Waals surface area contributed by atoms with Gasteiger partial charge in [-0.25, -0.2) is 0 Å². The van der Waals surface area contributed by atoms with Crippen molar-refractivity contribution < 1.29 is 9.53 Å². The van der Waals surface area contributed by atoms with E-state index in [9.17, 15) is 4.79 Å². The number of fused-ring (bicyclic) bond motifs is 2. The second-order valence-electron chi connectivity index (χ2n) is 5.78. The van der Waals surface area contributed by atoms with Crippen LogP contribution in [0.3, 0.4) is 0 Å². The highest BCUT2D eigenvalue weighted by Crippen LogP contribution is 2.37. The van der Waals surface area contributed by atoms with E-state index in [0.717, 1.165) is 27.6 Å². The lowest BCUT2D eigenvalue weighted by Gasteiger charge is -2.21. The number of rotatable bonds is 1. The van der Waals surface area contributed by atoms with E-state index >= 15 is 0 Å². The van der Waals surface area contributed by atoms with Gasteiger partial charge in [-0.1, -0.05) is 54.1 Å². The molecule has 0 amide bonds. The number of hydrogen-bond acceptors (Lipinski definition) is 2. The van der Waals surface area contributed by atoms with Gasteiger partial charge in [0, 0.05) is 5.56 Å². The van der Waals surface area contributed by atoms with Gasteiger partial charge in [0.15, 0.2) is 5.78 Å². The van der Waals surface area contributed by atoms with E-state index in [0.29, 0.717) is 6.61 Å². The molecule has 0 aliphatic carbocycles. The molecule has 0 atom stereocenters. The Morgan fingerprint density at radius 3 is 2.59 bits per heavy atom. The zero-order valence-corrected chi connectivity index (χ0v) is 12.4. The number of hydrogen-bond donors (Lipinski definition) is 0. The van der Waals surface area contributed by atoms with E-state index in [1.165, 1.54) is 10.9 Å². The predicted molar refractivity (Wildman–Crippen MR) is 88.1 cm³/mol. The Morgan fingerprint density at radius 2 is 1.77 bits per heavy atom. The topological polar surface area (TPSA) is 26.3 Å². The minimum absolute atomic E-state index is 0.0703. The van der Waals surface area contributed by atoms with Crippen LogP contribution in [-0.4, -0.2) is 12.4 Å². The van der Waals surface area contributed by atoms with Gasteiger partial charge < -0.3 is 4.74 Å². The molecule has 2 heteroatoms. The maximum Gasteiger partial charge on any atom is 0.188 e. The molecule has 0 aromatic heterocycles. The van der Waals surface area contributed by atoms with Gasteiger partial charge >= 0.3 is 0 Å². The normalized spacial score (nSPS) is 14.1. The second kappa shape index (κ2) is 5.08. The van der Waals surface area contributed by atoms with Crippen molar-refractivity contribution in [2.75, 3.05) is 6.61 Å². The van der Waals surface area contributed by atoms with Crippen LogP contribution in [0.4, 0.5) is 0 Å². The van der Waals surface area contributed by atoms with Crippen molar-refractivity contribution in [3.63, 3.8) is 0 Å². The Balaban J connectivity index is 2.15. The molecule has 1 aliphatic heterocycles. The highest BCUT2D eigenvalue weighted by Gasteiger charge is 2.23. The van der Waals surface area contributed by atoms with Gasteiger partial charge in [0.1, 0.15) is 6.61 Å². The second-order valence-corrected chi connectivity index (χ2v) is 5.78. The Morgan fingerprint density at radius 1 is 0.955 bits per heavy atom. The number of ether oxygens (including phenoxy) is 1. The summed E-state index contributed by atoms with van der Waals surface area (Å²) in [5.41, 5.74) is 5.30. The monoisotopic (exact) mass is 288 g/mol. The maximum absolute atomic E-state index is 12.3. The van der Waals surface area contributed by atoms with Crippen molar-refractivity contribution in [1.82, 2.24) is 0 Å². The number of carbonyl (C=O) groups is 1. The van der Waals surface area contributed by atoms with Crippen LogP contribution in [-0.2, 0) is 11.3 Å². The third-order valence-corrected chi connectivity index (χ3v) is 4.25.